The van der Waals surface area contributed by atoms with Gasteiger partial charge in [0.25, 0.3) is 0 Å². The Bertz CT molecular complexity index is 1470. The second kappa shape index (κ2) is 9.29. The van der Waals surface area contributed by atoms with E-state index in [1.807, 2.05) is 42.7 Å². The van der Waals surface area contributed by atoms with Gasteiger partial charge in [0.1, 0.15) is 22.7 Å². The van der Waals surface area contributed by atoms with Gasteiger partial charge in [-0.3, -0.25) is 14.4 Å². The van der Waals surface area contributed by atoms with Crippen molar-refractivity contribution in [3.05, 3.63) is 87.6 Å². The lowest BCUT2D eigenvalue weighted by Gasteiger charge is -2.16. The van der Waals surface area contributed by atoms with Crippen molar-refractivity contribution in [2.75, 3.05) is 5.32 Å². The van der Waals surface area contributed by atoms with Gasteiger partial charge in [0.05, 0.1) is 18.2 Å². The fraction of sp³-hybridized carbons (Fsp3) is 0.231. The molecule has 1 unspecified atom stereocenters. The molecule has 4 aromatic rings. The number of aliphatic imine (C=N–C) groups is 1. The number of rotatable bonds is 6. The number of carbonyl (C=O) groups is 1. The Morgan fingerprint density at radius 1 is 1.11 bits per heavy atom. The molecule has 0 bridgehead atoms. The Labute approximate surface area is 210 Å². The van der Waals surface area contributed by atoms with E-state index in [1.54, 1.807) is 19.1 Å². The summed E-state index contributed by atoms with van der Waals surface area (Å²) in [6, 6.07) is 12.9. The van der Waals surface area contributed by atoms with E-state index < -0.39 is 17.9 Å². The van der Waals surface area contributed by atoms with Crippen LogP contribution < -0.4 is 5.32 Å². The number of fused-ring (bicyclic) bond motifs is 3. The number of aryl methyl sites for hydroxylation is 1. The van der Waals surface area contributed by atoms with Gasteiger partial charge in [0.2, 0.25) is 0 Å². The van der Waals surface area contributed by atoms with Crippen molar-refractivity contribution in [2.24, 2.45) is 10.9 Å². The molecule has 0 saturated carbocycles. The Balaban J connectivity index is 1.64. The van der Waals surface area contributed by atoms with Crippen molar-refractivity contribution in [1.82, 2.24) is 14.8 Å². The minimum Gasteiger partial charge on any atom is -0.481 e. The maximum absolute atomic E-state index is 13.2. The van der Waals surface area contributed by atoms with Crippen LogP contribution in [0.15, 0.2) is 53.5 Å². The maximum atomic E-state index is 13.2. The number of hydrogen-bond acceptors (Lipinski definition) is 7. The van der Waals surface area contributed by atoms with E-state index in [1.165, 1.54) is 23.5 Å². The van der Waals surface area contributed by atoms with Gasteiger partial charge in [0.15, 0.2) is 5.82 Å². The van der Waals surface area contributed by atoms with Gasteiger partial charge in [0, 0.05) is 27.4 Å². The van der Waals surface area contributed by atoms with Crippen molar-refractivity contribution >= 4 is 34.4 Å². The lowest BCUT2D eigenvalue weighted by Crippen LogP contribution is -2.21. The van der Waals surface area contributed by atoms with E-state index in [0.717, 1.165) is 37.9 Å². The molecule has 10 heteroatoms. The van der Waals surface area contributed by atoms with Gasteiger partial charge in [-0.1, -0.05) is 12.1 Å². The molecule has 1 aliphatic rings. The number of benzene rings is 2. The second-order valence-electron chi connectivity index (χ2n) is 8.69. The topological polar surface area (TPSA) is 113 Å². The van der Waals surface area contributed by atoms with Gasteiger partial charge in [-0.15, -0.1) is 21.5 Å². The molecular formula is C26H24FN5O3S. The zero-order chi connectivity index (χ0) is 25.6. The summed E-state index contributed by atoms with van der Waals surface area (Å²) in [5.74, 6) is -1.04. The maximum Gasteiger partial charge on any atom is 0.308 e. The highest BCUT2D eigenvalue weighted by Gasteiger charge is 2.36. The summed E-state index contributed by atoms with van der Waals surface area (Å²) in [6.07, 6.45) is 0. The van der Waals surface area contributed by atoms with Crippen molar-refractivity contribution in [3.63, 3.8) is 0 Å². The SMILES string of the molecule is Cc1c(CO)sc2c1C(c1ccc(Nc3ccc(F)cc3)cc1)=NC([C@H](C)C(=O)O)c1nnc(C)n1-2. The Morgan fingerprint density at radius 3 is 2.36 bits per heavy atom. The first-order valence-corrected chi connectivity index (χ1v) is 12.2. The average Bonchev–Trinajstić information content (AvgIpc) is 3.35. The van der Waals surface area contributed by atoms with E-state index in [9.17, 15) is 19.4 Å². The number of aliphatic hydroxyl groups is 1. The zero-order valence-electron chi connectivity index (χ0n) is 19.9. The lowest BCUT2D eigenvalue weighted by atomic mass is 9.98. The number of thiophene rings is 1. The number of carboxylic acids is 1. The van der Waals surface area contributed by atoms with Crippen molar-refractivity contribution in [3.8, 4) is 5.00 Å². The molecule has 0 radical (unpaired) electrons. The third-order valence-corrected chi connectivity index (χ3v) is 7.61. The molecule has 2 atom stereocenters. The fourth-order valence-corrected chi connectivity index (χ4v) is 5.54. The molecular weight excluding hydrogens is 481 g/mol. The fourth-order valence-electron chi connectivity index (χ4n) is 4.31. The number of aromatic nitrogens is 3. The van der Waals surface area contributed by atoms with E-state index >= 15 is 0 Å². The monoisotopic (exact) mass is 505 g/mol. The third kappa shape index (κ3) is 4.08. The highest BCUT2D eigenvalue weighted by atomic mass is 32.1. The highest BCUT2D eigenvalue weighted by molar-refractivity contribution is 7.15. The number of aliphatic hydroxyl groups excluding tert-OH is 1. The number of nitrogens with one attached hydrogen (secondary N) is 1. The van der Waals surface area contributed by atoms with Crippen molar-refractivity contribution in [2.45, 2.75) is 33.4 Å². The molecule has 2 aromatic heterocycles. The zero-order valence-corrected chi connectivity index (χ0v) is 20.7. The predicted octanol–water partition coefficient (Wildman–Crippen LogP) is 4.93. The molecule has 8 nitrogen and oxygen atoms in total. The smallest absolute Gasteiger partial charge is 0.308 e. The van der Waals surface area contributed by atoms with Crippen LogP contribution in [0.4, 0.5) is 15.8 Å². The second-order valence-corrected chi connectivity index (χ2v) is 9.77. The standard InChI is InChI=1S/C26H24FN5O3S/c1-13-20(12-33)36-25-21(13)23(29-22(14(2)26(34)35)24-31-30-15(3)32(24)25)16-4-8-18(9-5-16)28-19-10-6-17(27)7-11-19/h4-11,14,22,28,33H,12H2,1-3H3,(H,34,35)/t14-,22?/m0/s1. The normalized spacial score (nSPS) is 15.5. The van der Waals surface area contributed by atoms with Crippen LogP contribution in [0.2, 0.25) is 0 Å². The summed E-state index contributed by atoms with van der Waals surface area (Å²) in [5, 5.41) is 32.4. The molecule has 3 heterocycles. The van der Waals surface area contributed by atoms with E-state index in [4.69, 9.17) is 4.99 Å². The van der Waals surface area contributed by atoms with Crippen LogP contribution in [-0.2, 0) is 11.4 Å². The summed E-state index contributed by atoms with van der Waals surface area (Å²) in [4.78, 5) is 17.8. The van der Waals surface area contributed by atoms with Crippen LogP contribution in [0.25, 0.3) is 5.00 Å². The first-order chi connectivity index (χ1) is 17.3. The molecule has 184 valence electrons. The Kier molecular flexibility index (Phi) is 6.15. The van der Waals surface area contributed by atoms with Gasteiger partial charge in [-0.25, -0.2) is 4.39 Å². The summed E-state index contributed by atoms with van der Waals surface area (Å²) < 4.78 is 15.1. The van der Waals surface area contributed by atoms with Crippen LogP contribution in [0.5, 0.6) is 0 Å². The van der Waals surface area contributed by atoms with Gasteiger partial charge in [-0.05, 0) is 62.7 Å². The summed E-state index contributed by atoms with van der Waals surface area (Å²) in [7, 11) is 0. The summed E-state index contributed by atoms with van der Waals surface area (Å²) in [5.41, 5.74) is 4.70. The Morgan fingerprint density at radius 2 is 1.75 bits per heavy atom. The molecule has 1 aliphatic heterocycles. The molecule has 2 aromatic carbocycles. The largest absolute Gasteiger partial charge is 0.481 e. The number of nitrogens with zero attached hydrogens (tertiary/aromatic N) is 4. The first kappa shape index (κ1) is 23.8. The number of aliphatic carboxylic acids is 1. The molecule has 3 N–H and O–H groups in total. The Hall–Kier alpha value is -3.89. The predicted molar refractivity (Wildman–Crippen MR) is 136 cm³/mol. The average molecular weight is 506 g/mol. The van der Waals surface area contributed by atoms with Crippen LogP contribution in [0.3, 0.4) is 0 Å². The minimum atomic E-state index is -0.979. The third-order valence-electron chi connectivity index (χ3n) is 6.35. The van der Waals surface area contributed by atoms with Crippen molar-refractivity contribution in [1.29, 1.82) is 0 Å². The molecule has 0 fully saturated rings. The molecule has 0 spiro atoms. The van der Waals surface area contributed by atoms with Crippen LogP contribution in [0.1, 0.15) is 46.2 Å². The van der Waals surface area contributed by atoms with Gasteiger partial charge >= 0.3 is 5.97 Å². The van der Waals surface area contributed by atoms with Gasteiger partial charge in [-0.2, -0.15) is 0 Å². The number of hydrogen-bond donors (Lipinski definition) is 3. The van der Waals surface area contributed by atoms with Crippen LogP contribution in [-0.4, -0.2) is 36.7 Å². The summed E-state index contributed by atoms with van der Waals surface area (Å²) >= 11 is 1.43. The number of carboxylic acid groups (broad SMARTS) is 1. The minimum absolute atomic E-state index is 0.122. The lowest BCUT2D eigenvalue weighted by molar-refractivity contribution is -0.141. The molecule has 0 saturated heterocycles. The van der Waals surface area contributed by atoms with E-state index in [-0.39, 0.29) is 12.4 Å². The van der Waals surface area contributed by atoms with E-state index in [0.29, 0.717) is 17.4 Å². The van der Waals surface area contributed by atoms with Crippen LogP contribution >= 0.6 is 11.3 Å². The summed E-state index contributed by atoms with van der Waals surface area (Å²) in [6.45, 7) is 5.24. The molecule has 36 heavy (non-hydrogen) atoms. The first-order valence-electron chi connectivity index (χ1n) is 11.4. The van der Waals surface area contributed by atoms with E-state index in [2.05, 4.69) is 15.5 Å². The number of anilines is 2. The van der Waals surface area contributed by atoms with Crippen LogP contribution in [0, 0.1) is 25.6 Å². The van der Waals surface area contributed by atoms with Crippen molar-refractivity contribution < 1.29 is 19.4 Å². The quantitative estimate of drug-likeness (QED) is 0.342. The molecule has 0 amide bonds. The highest BCUT2D eigenvalue weighted by Crippen LogP contribution is 2.41. The number of halogens is 1. The molecule has 5 rings (SSSR count). The molecule has 0 aliphatic carbocycles. The van der Waals surface area contributed by atoms with Gasteiger partial charge < -0.3 is 15.5 Å².